The predicted molar refractivity (Wildman–Crippen MR) is 112 cm³/mol. The molecule has 0 atom stereocenters. The third kappa shape index (κ3) is 6.83. The van der Waals surface area contributed by atoms with Crippen molar-refractivity contribution < 1.29 is 32.0 Å². The number of methoxy groups -OCH3 is 3. The first-order chi connectivity index (χ1) is 14.0. The Bertz CT molecular complexity index is 1020. The van der Waals surface area contributed by atoms with Crippen LogP contribution in [0.5, 0.6) is 17.2 Å². The molecule has 0 fully saturated rings. The van der Waals surface area contributed by atoms with Crippen molar-refractivity contribution in [3.05, 3.63) is 52.7 Å². The molecule has 30 heavy (non-hydrogen) atoms. The van der Waals surface area contributed by atoms with Crippen LogP contribution < -0.4 is 25.7 Å². The molecule has 12 heteroatoms. The Labute approximate surface area is 174 Å². The van der Waals surface area contributed by atoms with Crippen molar-refractivity contribution in [1.82, 2.24) is 0 Å². The van der Waals surface area contributed by atoms with Gasteiger partial charge in [0, 0.05) is 5.56 Å². The minimum absolute atomic E-state index is 0.0666. The van der Waals surface area contributed by atoms with Gasteiger partial charge in [-0.25, -0.2) is 0 Å². The van der Waals surface area contributed by atoms with Gasteiger partial charge in [-0.05, 0) is 31.2 Å². The highest BCUT2D eigenvalue weighted by molar-refractivity contribution is 7.85. The molecular weight excluding hydrogens is 416 g/mol. The van der Waals surface area contributed by atoms with E-state index in [9.17, 15) is 13.6 Å². The molecule has 2 rings (SSSR count). The largest absolute Gasteiger partial charge is 0.722 e. The molecule has 0 radical (unpaired) electrons. The first kappa shape index (κ1) is 24.5. The van der Waals surface area contributed by atoms with Gasteiger partial charge in [-0.1, -0.05) is 17.7 Å². The zero-order valence-corrected chi connectivity index (χ0v) is 17.7. The van der Waals surface area contributed by atoms with E-state index in [0.29, 0.717) is 22.8 Å². The number of benzene rings is 2. The molecule has 0 amide bonds. The van der Waals surface area contributed by atoms with Crippen LogP contribution in [0.3, 0.4) is 0 Å². The van der Waals surface area contributed by atoms with Crippen LogP contribution in [0.4, 0.5) is 0 Å². The Morgan fingerprint density at radius 1 is 1.03 bits per heavy atom. The molecule has 2 aromatic rings. The summed E-state index contributed by atoms with van der Waals surface area (Å²) in [7, 11) is 0.433. The van der Waals surface area contributed by atoms with E-state index in [0.717, 1.165) is 5.56 Å². The third-order valence-corrected chi connectivity index (χ3v) is 4.44. The van der Waals surface area contributed by atoms with E-state index >= 15 is 0 Å². The lowest BCUT2D eigenvalue weighted by atomic mass is 10.2. The zero-order chi connectivity index (χ0) is 22.9. The van der Waals surface area contributed by atoms with Crippen LogP contribution in [-0.4, -0.2) is 51.3 Å². The van der Waals surface area contributed by atoms with Gasteiger partial charge in [-0.2, -0.15) is 8.42 Å². The molecule has 0 aliphatic carbocycles. The Hall–Kier alpha value is -3.51. The number of hydrazone groups is 1. The van der Waals surface area contributed by atoms with E-state index in [1.807, 2.05) is 6.92 Å². The van der Waals surface area contributed by atoms with Gasteiger partial charge in [-0.3, -0.25) is 16.0 Å². The molecule has 0 aliphatic heterocycles. The summed E-state index contributed by atoms with van der Waals surface area (Å²) >= 11 is 0. The lowest BCUT2D eigenvalue weighted by molar-refractivity contribution is -0.463. The Balaban J connectivity index is 0.000000346. The third-order valence-electron chi connectivity index (χ3n) is 3.58. The van der Waals surface area contributed by atoms with Crippen molar-refractivity contribution in [3.63, 3.8) is 0 Å². The predicted octanol–water partition coefficient (Wildman–Crippen LogP) is 1.07. The molecule has 0 saturated carbocycles. The number of guanidine groups is 1. The quantitative estimate of drug-likeness (QED) is 0.148. The molecule has 164 valence electrons. The van der Waals surface area contributed by atoms with E-state index in [-0.39, 0.29) is 9.74 Å². The first-order valence-electron chi connectivity index (χ1n) is 8.27. The fourth-order valence-electron chi connectivity index (χ4n) is 2.12. The van der Waals surface area contributed by atoms with Crippen LogP contribution in [0, 0.1) is 12.1 Å². The van der Waals surface area contributed by atoms with Gasteiger partial charge in [0.1, 0.15) is 0 Å². The van der Waals surface area contributed by atoms with Gasteiger partial charge in [0.15, 0.2) is 11.5 Å². The summed E-state index contributed by atoms with van der Waals surface area (Å²) in [6.07, 6.45) is 1.26. The number of hydrogen-bond acceptors (Lipinski definition) is 7. The first-order valence-corrected chi connectivity index (χ1v) is 9.71. The average Bonchev–Trinajstić information content (AvgIpc) is 2.70. The summed E-state index contributed by atoms with van der Waals surface area (Å²) in [4.78, 5) is 0.0268. The topological polar surface area (TPSA) is 173 Å². The fourth-order valence-corrected chi connectivity index (χ4v) is 2.60. The van der Waals surface area contributed by atoms with Crippen molar-refractivity contribution in [2.24, 2.45) is 16.6 Å². The second-order valence-electron chi connectivity index (χ2n) is 5.65. The monoisotopic (exact) mass is 440 g/mol. The average molecular weight is 440 g/mol. The maximum absolute atomic E-state index is 11.1. The molecule has 0 unspecified atom stereocenters. The van der Waals surface area contributed by atoms with E-state index in [1.165, 1.54) is 39.7 Å². The Morgan fingerprint density at radius 2 is 1.60 bits per heavy atom. The fraction of sp³-hybridized carbons (Fsp3) is 0.222. The SMILES string of the molecule is COc1ccc(/C=N\[N+]([O-])=C(N)N)c(OC)c1OC.Cc1ccc(S(=O)(=O)O)cc1. The van der Waals surface area contributed by atoms with Gasteiger partial charge < -0.3 is 19.4 Å². The summed E-state index contributed by atoms with van der Waals surface area (Å²) < 4.78 is 45.1. The summed E-state index contributed by atoms with van der Waals surface area (Å²) in [5, 5.41) is 14.7. The second-order valence-corrected chi connectivity index (χ2v) is 7.08. The molecule has 0 bridgehead atoms. The van der Waals surface area contributed by atoms with Crippen LogP contribution in [0.25, 0.3) is 0 Å². The molecule has 0 spiro atoms. The number of ether oxygens (including phenoxy) is 3. The maximum atomic E-state index is 11.1. The van der Waals surface area contributed by atoms with Crippen LogP contribution in [-0.2, 0) is 10.1 Å². The standard InChI is InChI=1S/C11H16N4O4.C7H8O3S/c1-17-8-5-4-7(6-14-15(16)11(12)13)9(18-2)10(8)19-3;1-6-2-4-7(5-3-6)11(8,9)10/h4-6H,12-13H2,1-3H3;2-5H,1H3,(H,8,9,10)/b14-6-;. The molecule has 0 heterocycles. The number of hydrogen-bond donors (Lipinski definition) is 3. The zero-order valence-electron chi connectivity index (χ0n) is 16.9. The molecule has 0 aliphatic rings. The summed E-state index contributed by atoms with van der Waals surface area (Å²) in [5.41, 5.74) is 11.7. The van der Waals surface area contributed by atoms with E-state index in [2.05, 4.69) is 5.10 Å². The van der Waals surface area contributed by atoms with Crippen LogP contribution >= 0.6 is 0 Å². The van der Waals surface area contributed by atoms with Gasteiger partial charge >= 0.3 is 5.96 Å². The molecule has 0 saturated heterocycles. The van der Waals surface area contributed by atoms with Gasteiger partial charge in [0.2, 0.25) is 5.75 Å². The highest BCUT2D eigenvalue weighted by Crippen LogP contribution is 2.38. The molecule has 0 aromatic heterocycles. The molecule has 11 nitrogen and oxygen atoms in total. The number of nitrogens with zero attached hydrogens (tertiary/aromatic N) is 2. The van der Waals surface area contributed by atoms with Crippen LogP contribution in [0.2, 0.25) is 0 Å². The van der Waals surface area contributed by atoms with Crippen molar-refractivity contribution >= 4 is 22.3 Å². The Morgan fingerprint density at radius 3 is 2.03 bits per heavy atom. The van der Waals surface area contributed by atoms with Crippen molar-refractivity contribution in [3.8, 4) is 17.2 Å². The summed E-state index contributed by atoms with van der Waals surface area (Å²) in [6, 6.07) is 9.30. The van der Waals surface area contributed by atoms with E-state index in [1.54, 1.807) is 24.3 Å². The van der Waals surface area contributed by atoms with Crippen molar-refractivity contribution in [2.45, 2.75) is 11.8 Å². The van der Waals surface area contributed by atoms with Crippen LogP contribution in [0.15, 0.2) is 46.4 Å². The number of nitrogens with two attached hydrogens (primary N) is 2. The molecule has 5 N–H and O–H groups in total. The normalized spacial score (nSPS) is 10.7. The van der Waals surface area contributed by atoms with Gasteiger partial charge in [-0.15, -0.1) is 9.95 Å². The lowest BCUT2D eigenvalue weighted by Crippen LogP contribution is -2.30. The van der Waals surface area contributed by atoms with E-state index < -0.39 is 16.1 Å². The summed E-state index contributed by atoms with van der Waals surface area (Å²) in [5.74, 6) is 0.821. The van der Waals surface area contributed by atoms with Gasteiger partial charge in [0.05, 0.1) is 32.4 Å². The molecular formula is C18H24N4O7S. The minimum atomic E-state index is -4.02. The van der Waals surface area contributed by atoms with Crippen molar-refractivity contribution in [1.29, 1.82) is 0 Å². The maximum Gasteiger partial charge on any atom is 0.366 e. The smallest absolute Gasteiger partial charge is 0.366 e. The lowest BCUT2D eigenvalue weighted by Gasteiger charge is -2.13. The summed E-state index contributed by atoms with van der Waals surface area (Å²) in [6.45, 7) is 1.84. The van der Waals surface area contributed by atoms with Gasteiger partial charge in [0.25, 0.3) is 10.1 Å². The Kier molecular flexibility index (Phi) is 8.89. The number of rotatable bonds is 6. The number of aryl methyl sites for hydroxylation is 1. The van der Waals surface area contributed by atoms with Crippen LogP contribution in [0.1, 0.15) is 11.1 Å². The second kappa shape index (κ2) is 10.9. The highest BCUT2D eigenvalue weighted by atomic mass is 32.2. The molecule has 2 aromatic carbocycles. The highest BCUT2D eigenvalue weighted by Gasteiger charge is 2.14. The van der Waals surface area contributed by atoms with E-state index in [4.69, 9.17) is 30.2 Å². The van der Waals surface area contributed by atoms with Crippen molar-refractivity contribution in [2.75, 3.05) is 21.3 Å². The minimum Gasteiger partial charge on any atom is -0.722 e.